The summed E-state index contributed by atoms with van der Waals surface area (Å²) in [5.41, 5.74) is 3.47. The maximum absolute atomic E-state index is 12.4. The van der Waals surface area contributed by atoms with E-state index in [1.165, 1.54) is 17.4 Å². The first-order valence-corrected chi connectivity index (χ1v) is 11.2. The van der Waals surface area contributed by atoms with Crippen molar-refractivity contribution in [2.24, 2.45) is 5.92 Å². The molecule has 1 N–H and O–H groups in total. The monoisotopic (exact) mass is 436 g/mol. The van der Waals surface area contributed by atoms with E-state index in [0.717, 1.165) is 60.3 Å². The fraction of sp³-hybridized carbons (Fsp3) is 0.391. The van der Waals surface area contributed by atoms with Crippen molar-refractivity contribution in [2.45, 2.75) is 32.6 Å². The number of nitrogens with one attached hydrogen (secondary N) is 1. The maximum Gasteiger partial charge on any atom is 0.409 e. The summed E-state index contributed by atoms with van der Waals surface area (Å²) in [6.07, 6.45) is 9.77. The molecule has 0 radical (unpaired) electrons. The number of anilines is 1. The van der Waals surface area contributed by atoms with Crippen LogP contribution in [-0.2, 0) is 22.4 Å². The van der Waals surface area contributed by atoms with Crippen LogP contribution in [-0.4, -0.2) is 41.6 Å². The standard InChI is InChI=1S/C23H24N4O3S/c1-15-7-8-25-13-17(15)4-6-21(28)26-22-19(12-24)18-5-3-16(11-20(18)31-22)14-30-23(29)27-9-2-10-27/h4,6-8,13,16H,2-3,5,9-11,14H2,1H3,(H,26,28)/b6-4+. The van der Waals surface area contributed by atoms with Gasteiger partial charge >= 0.3 is 6.09 Å². The van der Waals surface area contributed by atoms with Gasteiger partial charge in [-0.25, -0.2) is 4.79 Å². The number of amides is 2. The Bertz CT molecular complexity index is 1070. The highest BCUT2D eigenvalue weighted by Gasteiger charge is 2.28. The molecule has 0 bridgehead atoms. The van der Waals surface area contributed by atoms with E-state index < -0.39 is 0 Å². The van der Waals surface area contributed by atoms with Crippen molar-refractivity contribution in [2.75, 3.05) is 25.0 Å². The van der Waals surface area contributed by atoms with Crippen LogP contribution in [0.25, 0.3) is 6.08 Å². The van der Waals surface area contributed by atoms with Crippen molar-refractivity contribution >= 4 is 34.4 Å². The normalized spacial score (nSPS) is 17.5. The van der Waals surface area contributed by atoms with Crippen molar-refractivity contribution in [1.82, 2.24) is 9.88 Å². The average molecular weight is 437 g/mol. The SMILES string of the molecule is Cc1ccncc1/C=C/C(=O)Nc1sc2c(c1C#N)CCC(COC(=O)N1CCC1)C2. The Kier molecular flexibility index (Phi) is 6.33. The van der Waals surface area contributed by atoms with E-state index >= 15 is 0 Å². The molecule has 0 spiro atoms. The van der Waals surface area contributed by atoms with Crippen LogP contribution in [0.15, 0.2) is 24.5 Å². The zero-order chi connectivity index (χ0) is 21.8. The number of likely N-dealkylation sites (tertiary alicyclic amines) is 1. The molecular weight excluding hydrogens is 412 g/mol. The van der Waals surface area contributed by atoms with E-state index in [1.807, 2.05) is 13.0 Å². The van der Waals surface area contributed by atoms with Crippen LogP contribution in [0.3, 0.4) is 0 Å². The number of carbonyl (C=O) groups is 2. The molecule has 1 aliphatic carbocycles. The van der Waals surface area contributed by atoms with Crippen LogP contribution in [0.5, 0.6) is 0 Å². The number of aromatic nitrogens is 1. The molecule has 2 amide bonds. The minimum absolute atomic E-state index is 0.232. The Labute approximate surface area is 185 Å². The van der Waals surface area contributed by atoms with Crippen molar-refractivity contribution < 1.29 is 14.3 Å². The van der Waals surface area contributed by atoms with Crippen LogP contribution in [0.2, 0.25) is 0 Å². The maximum atomic E-state index is 12.4. The van der Waals surface area contributed by atoms with Gasteiger partial charge in [-0.3, -0.25) is 9.78 Å². The fourth-order valence-electron chi connectivity index (χ4n) is 3.75. The van der Waals surface area contributed by atoms with Gasteiger partial charge in [0, 0.05) is 36.4 Å². The minimum atomic E-state index is -0.279. The lowest BCUT2D eigenvalue weighted by Crippen LogP contribution is -2.43. The lowest BCUT2D eigenvalue weighted by atomic mass is 9.88. The van der Waals surface area contributed by atoms with E-state index in [-0.39, 0.29) is 17.9 Å². The Balaban J connectivity index is 1.39. The summed E-state index contributed by atoms with van der Waals surface area (Å²) < 4.78 is 5.45. The topological polar surface area (TPSA) is 95.3 Å². The molecule has 0 aromatic carbocycles. The van der Waals surface area contributed by atoms with Crippen molar-refractivity contribution in [3.63, 3.8) is 0 Å². The van der Waals surface area contributed by atoms with Gasteiger partial charge in [-0.15, -0.1) is 11.3 Å². The van der Waals surface area contributed by atoms with E-state index in [2.05, 4.69) is 16.4 Å². The molecule has 1 saturated heterocycles. The number of nitrogens with zero attached hydrogens (tertiary/aromatic N) is 3. The summed E-state index contributed by atoms with van der Waals surface area (Å²) in [5, 5.41) is 13.1. The number of ether oxygens (including phenoxy) is 1. The highest BCUT2D eigenvalue weighted by atomic mass is 32.1. The van der Waals surface area contributed by atoms with Gasteiger partial charge in [0.2, 0.25) is 5.91 Å². The number of aryl methyl sites for hydroxylation is 1. The first-order valence-electron chi connectivity index (χ1n) is 10.4. The Morgan fingerprint density at radius 1 is 1.45 bits per heavy atom. The second-order valence-electron chi connectivity index (χ2n) is 7.90. The molecule has 2 aliphatic rings. The second kappa shape index (κ2) is 9.31. The van der Waals surface area contributed by atoms with Gasteiger partial charge in [0.15, 0.2) is 0 Å². The van der Waals surface area contributed by atoms with Gasteiger partial charge in [0.1, 0.15) is 11.1 Å². The third-order valence-corrected chi connectivity index (χ3v) is 6.94. The fourth-order valence-corrected chi connectivity index (χ4v) is 5.07. The molecule has 0 saturated carbocycles. The molecule has 4 rings (SSSR count). The number of hydrogen-bond donors (Lipinski definition) is 1. The van der Waals surface area contributed by atoms with Gasteiger partial charge < -0.3 is 15.0 Å². The molecule has 2 aromatic rings. The predicted octanol–water partition coefficient (Wildman–Crippen LogP) is 3.92. The first-order chi connectivity index (χ1) is 15.0. The quantitative estimate of drug-likeness (QED) is 0.717. The lowest BCUT2D eigenvalue weighted by molar-refractivity contribution is -0.111. The number of nitriles is 1. The largest absolute Gasteiger partial charge is 0.449 e. The molecule has 160 valence electrons. The van der Waals surface area contributed by atoms with Crippen LogP contribution in [0, 0.1) is 24.2 Å². The van der Waals surface area contributed by atoms with Gasteiger partial charge in [-0.05, 0) is 67.4 Å². The highest BCUT2D eigenvalue weighted by molar-refractivity contribution is 7.16. The summed E-state index contributed by atoms with van der Waals surface area (Å²) in [6.45, 7) is 3.91. The van der Waals surface area contributed by atoms with Gasteiger partial charge in [-0.1, -0.05) is 0 Å². The molecule has 1 atom stereocenters. The Morgan fingerprint density at radius 3 is 3.00 bits per heavy atom. The summed E-state index contributed by atoms with van der Waals surface area (Å²) >= 11 is 1.45. The number of carbonyl (C=O) groups excluding carboxylic acids is 2. The van der Waals surface area contributed by atoms with E-state index in [1.54, 1.807) is 23.4 Å². The molecule has 2 aromatic heterocycles. The number of fused-ring (bicyclic) bond motifs is 1. The van der Waals surface area contributed by atoms with Crippen LogP contribution in [0.1, 0.15) is 40.0 Å². The van der Waals surface area contributed by atoms with Gasteiger partial charge in [0.25, 0.3) is 0 Å². The van der Waals surface area contributed by atoms with Crippen molar-refractivity contribution in [3.8, 4) is 6.07 Å². The van der Waals surface area contributed by atoms with E-state index in [9.17, 15) is 14.9 Å². The molecule has 7 nitrogen and oxygen atoms in total. The zero-order valence-electron chi connectivity index (χ0n) is 17.4. The van der Waals surface area contributed by atoms with Crippen LogP contribution >= 0.6 is 11.3 Å². The third kappa shape index (κ3) is 4.78. The second-order valence-corrected chi connectivity index (χ2v) is 9.01. The summed E-state index contributed by atoms with van der Waals surface area (Å²) in [7, 11) is 0. The number of rotatable bonds is 5. The summed E-state index contributed by atoms with van der Waals surface area (Å²) in [4.78, 5) is 31.2. The molecule has 8 heteroatoms. The van der Waals surface area contributed by atoms with Crippen LogP contribution in [0.4, 0.5) is 9.80 Å². The number of pyridine rings is 1. The number of thiophene rings is 1. The van der Waals surface area contributed by atoms with Gasteiger partial charge in [0.05, 0.1) is 12.2 Å². The van der Waals surface area contributed by atoms with E-state index in [4.69, 9.17) is 4.74 Å². The van der Waals surface area contributed by atoms with Gasteiger partial charge in [-0.2, -0.15) is 5.26 Å². The molecule has 1 fully saturated rings. The molecular formula is C23H24N4O3S. The lowest BCUT2D eigenvalue weighted by Gasteiger charge is -2.31. The summed E-state index contributed by atoms with van der Waals surface area (Å²) in [5.74, 6) is -0.0432. The smallest absolute Gasteiger partial charge is 0.409 e. The first kappa shape index (κ1) is 21.1. The number of hydrogen-bond acceptors (Lipinski definition) is 6. The predicted molar refractivity (Wildman–Crippen MR) is 119 cm³/mol. The third-order valence-electron chi connectivity index (χ3n) is 5.77. The van der Waals surface area contributed by atoms with Crippen LogP contribution < -0.4 is 5.32 Å². The Morgan fingerprint density at radius 2 is 2.29 bits per heavy atom. The minimum Gasteiger partial charge on any atom is -0.449 e. The molecule has 3 heterocycles. The molecule has 1 unspecified atom stereocenters. The average Bonchev–Trinajstić information content (AvgIpc) is 3.06. The molecule has 1 aliphatic heterocycles. The summed E-state index contributed by atoms with van der Waals surface area (Å²) in [6, 6.07) is 4.14. The Hall–Kier alpha value is -3.18. The van der Waals surface area contributed by atoms with Crippen molar-refractivity contribution in [3.05, 3.63) is 51.7 Å². The molecule has 31 heavy (non-hydrogen) atoms. The highest BCUT2D eigenvalue weighted by Crippen LogP contribution is 2.39. The van der Waals surface area contributed by atoms with E-state index in [0.29, 0.717) is 17.2 Å². The van der Waals surface area contributed by atoms with Crippen molar-refractivity contribution in [1.29, 1.82) is 5.26 Å². The zero-order valence-corrected chi connectivity index (χ0v) is 18.2.